The summed E-state index contributed by atoms with van der Waals surface area (Å²) in [5, 5.41) is 0. The van der Waals surface area contributed by atoms with Gasteiger partial charge in [-0.05, 0) is 63.6 Å². The van der Waals surface area contributed by atoms with Crippen LogP contribution in [-0.2, 0) is 24.7 Å². The van der Waals surface area contributed by atoms with Gasteiger partial charge in [-0.3, -0.25) is 0 Å². The largest absolute Gasteiger partial charge is 0.0622 e. The zero-order valence-electron chi connectivity index (χ0n) is 15.5. The highest BCUT2D eigenvalue weighted by atomic mass is 14.3. The minimum Gasteiger partial charge on any atom is -0.0622 e. The number of aryl methyl sites for hydroxylation is 1. The van der Waals surface area contributed by atoms with Gasteiger partial charge >= 0.3 is 0 Å². The van der Waals surface area contributed by atoms with E-state index in [1.165, 1.54) is 27.8 Å². The summed E-state index contributed by atoms with van der Waals surface area (Å²) in [6.07, 6.45) is 3.31. The molecule has 25 heavy (non-hydrogen) atoms. The third-order valence-electron chi connectivity index (χ3n) is 5.42. The van der Waals surface area contributed by atoms with Gasteiger partial charge in [0.15, 0.2) is 0 Å². The first-order valence-corrected chi connectivity index (χ1v) is 9.31. The van der Waals surface area contributed by atoms with Gasteiger partial charge < -0.3 is 0 Å². The van der Waals surface area contributed by atoms with Gasteiger partial charge in [-0.1, -0.05) is 87.5 Å². The van der Waals surface area contributed by atoms with Crippen molar-refractivity contribution in [1.82, 2.24) is 0 Å². The summed E-state index contributed by atoms with van der Waals surface area (Å²) in [6.45, 7) is 7.01. The molecule has 1 aliphatic rings. The summed E-state index contributed by atoms with van der Waals surface area (Å²) in [6, 6.07) is 24.5. The second kappa shape index (κ2) is 6.19. The molecule has 0 atom stereocenters. The molecular formula is C25H26. The zero-order valence-corrected chi connectivity index (χ0v) is 15.5. The van der Waals surface area contributed by atoms with E-state index in [2.05, 4.69) is 87.5 Å². The lowest BCUT2D eigenvalue weighted by Gasteiger charge is -2.25. The summed E-state index contributed by atoms with van der Waals surface area (Å²) < 4.78 is 0. The predicted molar refractivity (Wildman–Crippen MR) is 107 cm³/mol. The van der Waals surface area contributed by atoms with Crippen LogP contribution in [0.2, 0.25) is 0 Å². The lowest BCUT2D eigenvalue weighted by atomic mass is 9.79. The van der Waals surface area contributed by atoms with Crippen LogP contribution in [0.5, 0.6) is 0 Å². The second-order valence-electron chi connectivity index (χ2n) is 8.19. The fourth-order valence-corrected chi connectivity index (χ4v) is 4.18. The van der Waals surface area contributed by atoms with Crippen LogP contribution in [0.1, 0.15) is 48.6 Å². The van der Waals surface area contributed by atoms with Gasteiger partial charge in [0.2, 0.25) is 0 Å². The highest BCUT2D eigenvalue weighted by molar-refractivity contribution is 5.78. The smallest absolute Gasteiger partial charge is 0.00106 e. The van der Waals surface area contributed by atoms with Crippen LogP contribution in [0, 0.1) is 0 Å². The topological polar surface area (TPSA) is 0 Å². The molecule has 0 aliphatic heterocycles. The van der Waals surface area contributed by atoms with Crippen molar-refractivity contribution in [1.29, 1.82) is 0 Å². The molecule has 0 nitrogen and oxygen atoms in total. The first kappa shape index (κ1) is 16.1. The zero-order chi connectivity index (χ0) is 17.4. The Morgan fingerprint density at radius 2 is 1.44 bits per heavy atom. The predicted octanol–water partition coefficient (Wildman–Crippen LogP) is 6.34. The molecule has 3 aromatic rings. The molecule has 0 saturated heterocycles. The molecule has 0 heterocycles. The molecule has 4 rings (SSSR count). The minimum absolute atomic E-state index is 0.176. The Hall–Kier alpha value is -2.34. The van der Waals surface area contributed by atoms with Crippen LogP contribution in [0.25, 0.3) is 11.1 Å². The fourth-order valence-electron chi connectivity index (χ4n) is 4.18. The quantitative estimate of drug-likeness (QED) is 0.412. The average molecular weight is 326 g/mol. The van der Waals surface area contributed by atoms with E-state index in [0.29, 0.717) is 0 Å². The Morgan fingerprint density at radius 3 is 2.20 bits per heavy atom. The standard InChI is InChI=1S/C25H26/c1-25(2,3)24-16-15-21-20-12-8-7-11-19(20)17-23(21)22(24)14-13-18-9-5-4-6-10-18/h4-12,15-16H,13-14,17H2,1-3H3. The van der Waals surface area contributed by atoms with Gasteiger partial charge in [0.1, 0.15) is 0 Å². The van der Waals surface area contributed by atoms with E-state index in [1.807, 2.05) is 0 Å². The van der Waals surface area contributed by atoms with Crippen molar-refractivity contribution in [2.75, 3.05) is 0 Å². The number of hydrogen-bond donors (Lipinski definition) is 0. The molecule has 0 unspecified atom stereocenters. The third-order valence-corrected chi connectivity index (χ3v) is 5.42. The molecule has 0 saturated carbocycles. The lowest BCUT2D eigenvalue weighted by Crippen LogP contribution is -2.16. The van der Waals surface area contributed by atoms with Crippen LogP contribution in [-0.4, -0.2) is 0 Å². The third kappa shape index (κ3) is 3.02. The van der Waals surface area contributed by atoms with E-state index in [4.69, 9.17) is 0 Å². The maximum Gasteiger partial charge on any atom is -0.00106 e. The molecular weight excluding hydrogens is 300 g/mol. The van der Waals surface area contributed by atoms with Crippen molar-refractivity contribution < 1.29 is 0 Å². The normalized spacial score (nSPS) is 12.8. The van der Waals surface area contributed by atoms with Gasteiger partial charge in [-0.25, -0.2) is 0 Å². The number of benzene rings is 3. The van der Waals surface area contributed by atoms with E-state index in [-0.39, 0.29) is 5.41 Å². The monoisotopic (exact) mass is 326 g/mol. The SMILES string of the molecule is CC(C)(C)c1ccc2c(c1CCc1ccccc1)Cc1ccccc1-2. The summed E-state index contributed by atoms with van der Waals surface area (Å²) in [4.78, 5) is 0. The van der Waals surface area contributed by atoms with E-state index < -0.39 is 0 Å². The fraction of sp³-hybridized carbons (Fsp3) is 0.280. The van der Waals surface area contributed by atoms with E-state index >= 15 is 0 Å². The maximum absolute atomic E-state index is 2.38. The molecule has 0 heteroatoms. The van der Waals surface area contributed by atoms with Gasteiger partial charge in [-0.2, -0.15) is 0 Å². The average Bonchev–Trinajstić information content (AvgIpc) is 2.98. The van der Waals surface area contributed by atoms with Crippen LogP contribution in [0.3, 0.4) is 0 Å². The molecule has 0 spiro atoms. The number of hydrogen-bond acceptors (Lipinski definition) is 0. The Bertz CT molecular complexity index is 895. The second-order valence-corrected chi connectivity index (χ2v) is 8.19. The highest BCUT2D eigenvalue weighted by Crippen LogP contribution is 2.42. The summed E-state index contributed by atoms with van der Waals surface area (Å²) in [5.41, 5.74) is 10.6. The molecule has 0 radical (unpaired) electrons. The summed E-state index contributed by atoms with van der Waals surface area (Å²) in [5.74, 6) is 0. The van der Waals surface area contributed by atoms with Crippen molar-refractivity contribution in [3.05, 3.63) is 94.5 Å². The van der Waals surface area contributed by atoms with Crippen molar-refractivity contribution in [3.8, 4) is 11.1 Å². The van der Waals surface area contributed by atoms with Crippen LogP contribution in [0.15, 0.2) is 66.7 Å². The van der Waals surface area contributed by atoms with E-state index in [1.54, 1.807) is 11.1 Å². The minimum atomic E-state index is 0.176. The summed E-state index contributed by atoms with van der Waals surface area (Å²) in [7, 11) is 0. The number of fused-ring (bicyclic) bond motifs is 3. The first-order valence-electron chi connectivity index (χ1n) is 9.31. The highest BCUT2D eigenvalue weighted by Gasteiger charge is 2.26. The Kier molecular flexibility index (Phi) is 4.00. The molecule has 0 aromatic heterocycles. The van der Waals surface area contributed by atoms with Crippen molar-refractivity contribution in [3.63, 3.8) is 0 Å². The molecule has 126 valence electrons. The molecule has 0 bridgehead atoms. The molecule has 0 amide bonds. The van der Waals surface area contributed by atoms with Crippen molar-refractivity contribution in [2.45, 2.75) is 45.4 Å². The van der Waals surface area contributed by atoms with Gasteiger partial charge in [-0.15, -0.1) is 0 Å². The van der Waals surface area contributed by atoms with Gasteiger partial charge in [0, 0.05) is 0 Å². The van der Waals surface area contributed by atoms with Crippen LogP contribution >= 0.6 is 0 Å². The van der Waals surface area contributed by atoms with E-state index in [0.717, 1.165) is 19.3 Å². The van der Waals surface area contributed by atoms with Crippen LogP contribution in [0.4, 0.5) is 0 Å². The first-order chi connectivity index (χ1) is 12.0. The number of rotatable bonds is 3. The Balaban J connectivity index is 1.78. The van der Waals surface area contributed by atoms with Gasteiger partial charge in [0.25, 0.3) is 0 Å². The molecule has 0 N–H and O–H groups in total. The Labute approximate surface area is 151 Å². The van der Waals surface area contributed by atoms with Gasteiger partial charge in [0.05, 0.1) is 0 Å². The van der Waals surface area contributed by atoms with Crippen molar-refractivity contribution >= 4 is 0 Å². The summed E-state index contributed by atoms with van der Waals surface area (Å²) >= 11 is 0. The lowest BCUT2D eigenvalue weighted by molar-refractivity contribution is 0.581. The molecule has 3 aromatic carbocycles. The Morgan fingerprint density at radius 1 is 0.720 bits per heavy atom. The van der Waals surface area contributed by atoms with Crippen LogP contribution < -0.4 is 0 Å². The maximum atomic E-state index is 2.38. The molecule has 1 aliphatic carbocycles. The van der Waals surface area contributed by atoms with Crippen molar-refractivity contribution in [2.24, 2.45) is 0 Å². The van der Waals surface area contributed by atoms with E-state index in [9.17, 15) is 0 Å². The molecule has 0 fully saturated rings.